The molecule has 0 spiro atoms. The molecule has 0 aliphatic carbocycles. The molecule has 17 heavy (non-hydrogen) atoms. The number of nitrogen functional groups attached to an aromatic ring is 1. The van der Waals surface area contributed by atoms with Crippen LogP contribution in [0.4, 0.5) is 5.69 Å². The number of ether oxygens (including phenoxy) is 1. The Balaban J connectivity index is 2.11. The van der Waals surface area contributed by atoms with Crippen LogP contribution in [-0.4, -0.2) is 0 Å². The van der Waals surface area contributed by atoms with Crippen LogP contribution in [0, 0.1) is 0 Å². The Morgan fingerprint density at radius 3 is 1.94 bits per heavy atom. The zero-order valence-electron chi connectivity index (χ0n) is 9.76. The number of nitrogens with two attached hydrogens (primary N) is 1. The molecule has 0 amide bonds. The van der Waals surface area contributed by atoms with Gasteiger partial charge in [0, 0.05) is 5.69 Å². The first-order valence-electron chi connectivity index (χ1n) is 5.54. The fraction of sp³-hybridized carbons (Fsp3) is 0.0667. The summed E-state index contributed by atoms with van der Waals surface area (Å²) in [5.41, 5.74) is 7.51. The van der Waals surface area contributed by atoms with Crippen LogP contribution in [0.25, 0.3) is 6.08 Å². The van der Waals surface area contributed by atoms with Crippen LogP contribution in [0.5, 0.6) is 11.5 Å². The molecule has 0 aliphatic rings. The van der Waals surface area contributed by atoms with Gasteiger partial charge in [0.1, 0.15) is 11.5 Å². The van der Waals surface area contributed by atoms with E-state index in [0.29, 0.717) is 0 Å². The van der Waals surface area contributed by atoms with Gasteiger partial charge in [0.25, 0.3) is 0 Å². The minimum absolute atomic E-state index is 0.737. The number of hydrogen-bond acceptors (Lipinski definition) is 2. The summed E-state index contributed by atoms with van der Waals surface area (Å²) in [6, 6.07) is 15.3. The van der Waals surface area contributed by atoms with Gasteiger partial charge >= 0.3 is 0 Å². The maximum Gasteiger partial charge on any atom is 0.127 e. The summed E-state index contributed by atoms with van der Waals surface area (Å²) < 4.78 is 5.69. The summed E-state index contributed by atoms with van der Waals surface area (Å²) in [4.78, 5) is 0. The molecule has 2 aromatic rings. The Hall–Kier alpha value is -2.22. The Kier molecular flexibility index (Phi) is 3.46. The van der Waals surface area contributed by atoms with E-state index in [1.54, 1.807) is 0 Å². The van der Waals surface area contributed by atoms with Gasteiger partial charge in [0.05, 0.1) is 0 Å². The van der Waals surface area contributed by atoms with Crippen LogP contribution in [0.15, 0.2) is 54.6 Å². The van der Waals surface area contributed by atoms with Crippen molar-refractivity contribution in [2.24, 2.45) is 0 Å². The van der Waals surface area contributed by atoms with E-state index in [0.717, 1.165) is 22.7 Å². The quantitative estimate of drug-likeness (QED) is 0.798. The van der Waals surface area contributed by atoms with Crippen molar-refractivity contribution in [3.05, 3.63) is 60.2 Å². The number of anilines is 1. The van der Waals surface area contributed by atoms with Crippen LogP contribution in [-0.2, 0) is 0 Å². The number of allylic oxidation sites excluding steroid dienone is 1. The molecule has 86 valence electrons. The average Bonchev–Trinajstić information content (AvgIpc) is 2.35. The Morgan fingerprint density at radius 2 is 1.41 bits per heavy atom. The van der Waals surface area contributed by atoms with Crippen molar-refractivity contribution in [3.63, 3.8) is 0 Å². The monoisotopic (exact) mass is 225 g/mol. The van der Waals surface area contributed by atoms with Gasteiger partial charge in [0.2, 0.25) is 0 Å². The summed E-state index contributed by atoms with van der Waals surface area (Å²) in [5, 5.41) is 0. The van der Waals surface area contributed by atoms with Gasteiger partial charge in [-0.2, -0.15) is 0 Å². The molecule has 2 aromatic carbocycles. The largest absolute Gasteiger partial charge is 0.457 e. The molecule has 2 N–H and O–H groups in total. The highest BCUT2D eigenvalue weighted by atomic mass is 16.5. The minimum Gasteiger partial charge on any atom is -0.457 e. The molecule has 0 fully saturated rings. The first kappa shape index (κ1) is 11.3. The lowest BCUT2D eigenvalue weighted by molar-refractivity contribution is 0.483. The third-order valence-corrected chi connectivity index (χ3v) is 2.36. The average molecular weight is 225 g/mol. The Morgan fingerprint density at radius 1 is 0.882 bits per heavy atom. The van der Waals surface area contributed by atoms with E-state index in [9.17, 15) is 0 Å². The maximum absolute atomic E-state index is 5.69. The second kappa shape index (κ2) is 5.21. The lowest BCUT2D eigenvalue weighted by Gasteiger charge is -2.06. The van der Waals surface area contributed by atoms with Crippen LogP contribution in [0.2, 0.25) is 0 Å². The smallest absolute Gasteiger partial charge is 0.127 e. The predicted octanol–water partition coefficient (Wildman–Crippen LogP) is 4.09. The number of hydrogen-bond donors (Lipinski definition) is 1. The second-order valence-corrected chi connectivity index (χ2v) is 3.74. The van der Waals surface area contributed by atoms with Crippen LogP contribution in [0.1, 0.15) is 12.5 Å². The molecular weight excluding hydrogens is 210 g/mol. The highest BCUT2D eigenvalue weighted by molar-refractivity contribution is 5.50. The molecule has 0 aromatic heterocycles. The van der Waals surface area contributed by atoms with E-state index < -0.39 is 0 Å². The number of rotatable bonds is 3. The van der Waals surface area contributed by atoms with Gasteiger partial charge in [0.15, 0.2) is 0 Å². The molecule has 0 bridgehead atoms. The van der Waals surface area contributed by atoms with Gasteiger partial charge in [-0.15, -0.1) is 0 Å². The fourth-order valence-corrected chi connectivity index (χ4v) is 1.51. The van der Waals surface area contributed by atoms with E-state index in [-0.39, 0.29) is 0 Å². The maximum atomic E-state index is 5.69. The van der Waals surface area contributed by atoms with Crippen molar-refractivity contribution in [3.8, 4) is 11.5 Å². The molecule has 0 radical (unpaired) electrons. The van der Waals surface area contributed by atoms with E-state index >= 15 is 0 Å². The zero-order valence-corrected chi connectivity index (χ0v) is 9.76. The van der Waals surface area contributed by atoms with Crippen LogP contribution >= 0.6 is 0 Å². The topological polar surface area (TPSA) is 35.2 Å². The fourth-order valence-electron chi connectivity index (χ4n) is 1.51. The Labute approximate surface area is 101 Å². The van der Waals surface area contributed by atoms with Crippen LogP contribution in [0.3, 0.4) is 0 Å². The third kappa shape index (κ3) is 3.11. The molecular formula is C15H15NO. The van der Waals surface area contributed by atoms with Crippen molar-refractivity contribution in [1.82, 2.24) is 0 Å². The van der Waals surface area contributed by atoms with E-state index in [2.05, 4.69) is 0 Å². The first-order chi connectivity index (χ1) is 8.28. The van der Waals surface area contributed by atoms with Crippen molar-refractivity contribution in [1.29, 1.82) is 0 Å². The van der Waals surface area contributed by atoms with Crippen molar-refractivity contribution < 1.29 is 4.74 Å². The molecule has 0 saturated carbocycles. The lowest BCUT2D eigenvalue weighted by atomic mass is 10.2. The summed E-state index contributed by atoms with van der Waals surface area (Å²) in [6.45, 7) is 2.00. The van der Waals surface area contributed by atoms with Gasteiger partial charge < -0.3 is 10.5 Å². The van der Waals surface area contributed by atoms with Crippen molar-refractivity contribution in [2.45, 2.75) is 6.92 Å². The highest BCUT2D eigenvalue weighted by Gasteiger charge is 1.96. The first-order valence-corrected chi connectivity index (χ1v) is 5.54. The zero-order chi connectivity index (χ0) is 12.1. The van der Waals surface area contributed by atoms with Gasteiger partial charge in [-0.1, -0.05) is 24.3 Å². The normalized spacial score (nSPS) is 10.6. The summed E-state index contributed by atoms with van der Waals surface area (Å²) in [6.07, 6.45) is 4.06. The standard InChI is InChI=1S/C15H15NO/c1-2-3-12-4-8-14(9-5-12)17-15-10-6-13(16)7-11-15/h2-11H,16H2,1H3. The van der Waals surface area contributed by atoms with E-state index in [1.807, 2.05) is 67.6 Å². The molecule has 2 heteroatoms. The van der Waals surface area contributed by atoms with Gasteiger partial charge in [-0.3, -0.25) is 0 Å². The van der Waals surface area contributed by atoms with Gasteiger partial charge in [-0.25, -0.2) is 0 Å². The molecule has 0 heterocycles. The molecule has 0 aliphatic heterocycles. The molecule has 0 atom stereocenters. The number of benzene rings is 2. The SMILES string of the molecule is CC=Cc1ccc(Oc2ccc(N)cc2)cc1. The lowest BCUT2D eigenvalue weighted by Crippen LogP contribution is -1.86. The van der Waals surface area contributed by atoms with E-state index in [4.69, 9.17) is 10.5 Å². The van der Waals surface area contributed by atoms with Crippen molar-refractivity contribution in [2.75, 3.05) is 5.73 Å². The Bertz CT molecular complexity index is 497. The minimum atomic E-state index is 0.737. The molecule has 0 unspecified atom stereocenters. The summed E-state index contributed by atoms with van der Waals surface area (Å²) in [7, 11) is 0. The molecule has 2 nitrogen and oxygen atoms in total. The highest BCUT2D eigenvalue weighted by Crippen LogP contribution is 2.22. The molecule has 2 rings (SSSR count). The van der Waals surface area contributed by atoms with Crippen molar-refractivity contribution >= 4 is 11.8 Å². The predicted molar refractivity (Wildman–Crippen MR) is 72.1 cm³/mol. The van der Waals surface area contributed by atoms with E-state index in [1.165, 1.54) is 0 Å². The van der Waals surface area contributed by atoms with Crippen LogP contribution < -0.4 is 10.5 Å². The molecule has 0 saturated heterocycles. The second-order valence-electron chi connectivity index (χ2n) is 3.74. The van der Waals surface area contributed by atoms with Gasteiger partial charge in [-0.05, 0) is 48.9 Å². The summed E-state index contributed by atoms with van der Waals surface area (Å²) >= 11 is 0. The third-order valence-electron chi connectivity index (χ3n) is 2.36. The summed E-state index contributed by atoms with van der Waals surface area (Å²) in [5.74, 6) is 1.61.